The number of nitrogens with zero attached hydrogens (tertiary/aromatic N) is 2. The Morgan fingerprint density at radius 1 is 1.07 bits per heavy atom. The van der Waals surface area contributed by atoms with E-state index in [1.165, 1.54) is 25.5 Å². The Labute approximate surface area is 178 Å². The normalized spacial score (nSPS) is 14.5. The van der Waals surface area contributed by atoms with Gasteiger partial charge in [0.1, 0.15) is 12.3 Å². The lowest BCUT2D eigenvalue weighted by Crippen LogP contribution is -2.40. The third-order valence-electron chi connectivity index (χ3n) is 5.16. The fraction of sp³-hybridized carbons (Fsp3) is 0.409. The Kier molecular flexibility index (Phi) is 7.33. The Morgan fingerprint density at radius 2 is 1.70 bits per heavy atom. The van der Waals surface area contributed by atoms with Gasteiger partial charge in [0, 0.05) is 13.1 Å². The van der Waals surface area contributed by atoms with Crippen LogP contribution >= 0.6 is 0 Å². The van der Waals surface area contributed by atoms with Crippen LogP contribution in [0.15, 0.2) is 48.5 Å². The SMILES string of the molecule is COc1ccccc1N(CC(=O)NCc1ccc(CN2CCCC2)cc1)S(C)(=O)=O. The van der Waals surface area contributed by atoms with E-state index in [2.05, 4.69) is 22.3 Å². The van der Waals surface area contributed by atoms with Crippen molar-refractivity contribution < 1.29 is 17.9 Å². The first-order valence-electron chi connectivity index (χ1n) is 10.0. The molecule has 1 heterocycles. The quantitative estimate of drug-likeness (QED) is 0.660. The molecule has 0 radical (unpaired) electrons. The van der Waals surface area contributed by atoms with Crippen LogP contribution in [0.1, 0.15) is 24.0 Å². The van der Waals surface area contributed by atoms with Crippen molar-refractivity contribution in [3.63, 3.8) is 0 Å². The van der Waals surface area contributed by atoms with Crippen LogP contribution in [0.5, 0.6) is 5.75 Å². The smallest absolute Gasteiger partial charge is 0.241 e. The third kappa shape index (κ3) is 5.96. The maximum atomic E-state index is 12.5. The number of rotatable bonds is 9. The zero-order valence-electron chi connectivity index (χ0n) is 17.5. The minimum Gasteiger partial charge on any atom is -0.495 e. The summed E-state index contributed by atoms with van der Waals surface area (Å²) in [5, 5.41) is 2.81. The number of likely N-dealkylation sites (tertiary alicyclic amines) is 1. The van der Waals surface area contributed by atoms with Crippen molar-refractivity contribution in [2.24, 2.45) is 0 Å². The molecule has 0 bridgehead atoms. The lowest BCUT2D eigenvalue weighted by molar-refractivity contribution is -0.119. The van der Waals surface area contributed by atoms with Crippen LogP contribution < -0.4 is 14.4 Å². The first-order valence-corrected chi connectivity index (χ1v) is 11.9. The predicted molar refractivity (Wildman–Crippen MR) is 118 cm³/mol. The molecule has 0 saturated carbocycles. The number of amides is 1. The molecule has 2 aromatic rings. The van der Waals surface area contributed by atoms with Gasteiger partial charge in [-0.15, -0.1) is 0 Å². The van der Waals surface area contributed by atoms with E-state index in [9.17, 15) is 13.2 Å². The molecule has 1 N–H and O–H groups in total. The number of hydrogen-bond donors (Lipinski definition) is 1. The zero-order valence-corrected chi connectivity index (χ0v) is 18.3. The number of sulfonamides is 1. The highest BCUT2D eigenvalue weighted by Crippen LogP contribution is 2.29. The van der Waals surface area contributed by atoms with Crippen molar-refractivity contribution in [1.82, 2.24) is 10.2 Å². The molecule has 1 aliphatic rings. The molecule has 1 aliphatic heterocycles. The molecule has 1 amide bonds. The van der Waals surface area contributed by atoms with Crippen molar-refractivity contribution in [3.8, 4) is 5.75 Å². The summed E-state index contributed by atoms with van der Waals surface area (Å²) in [4.78, 5) is 14.9. The number of carbonyl (C=O) groups excluding carboxylic acids is 1. The number of methoxy groups -OCH3 is 1. The van der Waals surface area contributed by atoms with Crippen LogP contribution in [-0.2, 0) is 27.9 Å². The van der Waals surface area contributed by atoms with Gasteiger partial charge in [-0.25, -0.2) is 8.42 Å². The molecule has 1 fully saturated rings. The predicted octanol–water partition coefficient (Wildman–Crippen LogP) is 2.37. The standard InChI is InChI=1S/C22H29N3O4S/c1-29-21-8-4-3-7-20(21)25(30(2,27)28)17-22(26)23-15-18-9-11-19(12-10-18)16-24-13-5-6-14-24/h3-4,7-12H,5-6,13-17H2,1-2H3,(H,23,26). The summed E-state index contributed by atoms with van der Waals surface area (Å²) in [7, 11) is -2.19. The van der Waals surface area contributed by atoms with Crippen molar-refractivity contribution in [2.45, 2.75) is 25.9 Å². The summed E-state index contributed by atoms with van der Waals surface area (Å²) >= 11 is 0. The number of benzene rings is 2. The topological polar surface area (TPSA) is 79.0 Å². The van der Waals surface area contributed by atoms with Crippen LogP contribution in [0.3, 0.4) is 0 Å². The monoisotopic (exact) mass is 431 g/mol. The maximum Gasteiger partial charge on any atom is 0.241 e. The van der Waals surface area contributed by atoms with Crippen LogP contribution in [0.25, 0.3) is 0 Å². The molecule has 2 aromatic carbocycles. The van der Waals surface area contributed by atoms with Gasteiger partial charge in [0.2, 0.25) is 15.9 Å². The maximum absolute atomic E-state index is 12.5. The molecule has 0 atom stereocenters. The number of anilines is 1. The Morgan fingerprint density at radius 3 is 2.33 bits per heavy atom. The molecule has 162 valence electrons. The van der Waals surface area contributed by atoms with Crippen LogP contribution in [0.2, 0.25) is 0 Å². The number of carbonyl (C=O) groups is 1. The first kappa shape index (κ1) is 22.1. The molecule has 8 heteroatoms. The summed E-state index contributed by atoms with van der Waals surface area (Å²) in [6.45, 7) is 3.29. The summed E-state index contributed by atoms with van der Waals surface area (Å²) < 4.78 is 30.9. The second kappa shape index (κ2) is 9.95. The average molecular weight is 432 g/mol. The van der Waals surface area contributed by atoms with Crippen molar-refractivity contribution >= 4 is 21.6 Å². The minimum atomic E-state index is -3.66. The second-order valence-corrected chi connectivity index (χ2v) is 9.42. The van der Waals surface area contributed by atoms with Gasteiger partial charge in [-0.1, -0.05) is 36.4 Å². The lowest BCUT2D eigenvalue weighted by atomic mass is 10.1. The largest absolute Gasteiger partial charge is 0.495 e. The van der Waals surface area contributed by atoms with E-state index in [0.717, 1.165) is 35.8 Å². The van der Waals surface area contributed by atoms with Gasteiger partial charge >= 0.3 is 0 Å². The van der Waals surface area contributed by atoms with Crippen molar-refractivity contribution in [2.75, 3.05) is 37.3 Å². The van der Waals surface area contributed by atoms with Gasteiger partial charge in [-0.2, -0.15) is 0 Å². The number of nitrogens with one attached hydrogen (secondary N) is 1. The lowest BCUT2D eigenvalue weighted by Gasteiger charge is -2.23. The van der Waals surface area contributed by atoms with E-state index < -0.39 is 10.0 Å². The fourth-order valence-electron chi connectivity index (χ4n) is 3.57. The fourth-order valence-corrected chi connectivity index (χ4v) is 4.43. The molecule has 30 heavy (non-hydrogen) atoms. The van der Waals surface area contributed by atoms with Crippen LogP contribution in [-0.4, -0.2) is 52.2 Å². The highest BCUT2D eigenvalue weighted by molar-refractivity contribution is 7.92. The number of ether oxygens (including phenoxy) is 1. The van der Waals surface area contributed by atoms with E-state index in [1.807, 2.05) is 12.1 Å². The third-order valence-corrected chi connectivity index (χ3v) is 6.29. The molecular weight excluding hydrogens is 402 g/mol. The summed E-state index contributed by atoms with van der Waals surface area (Å²) in [6.07, 6.45) is 3.61. The molecule has 3 rings (SSSR count). The van der Waals surface area contributed by atoms with E-state index >= 15 is 0 Å². The summed E-state index contributed by atoms with van der Waals surface area (Å²) in [6, 6.07) is 14.9. The molecular formula is C22H29N3O4S. The average Bonchev–Trinajstić information content (AvgIpc) is 3.24. The van der Waals surface area contributed by atoms with E-state index in [0.29, 0.717) is 18.0 Å². The highest BCUT2D eigenvalue weighted by Gasteiger charge is 2.23. The Hall–Kier alpha value is -2.58. The first-order chi connectivity index (χ1) is 14.4. The number of hydrogen-bond acceptors (Lipinski definition) is 5. The Bertz CT molecular complexity index is 955. The van der Waals surface area contributed by atoms with Crippen molar-refractivity contribution in [3.05, 3.63) is 59.7 Å². The molecule has 0 spiro atoms. The van der Waals surface area contributed by atoms with Gasteiger partial charge in [0.25, 0.3) is 0 Å². The molecule has 0 unspecified atom stereocenters. The van der Waals surface area contributed by atoms with Gasteiger partial charge < -0.3 is 10.1 Å². The summed E-state index contributed by atoms with van der Waals surface area (Å²) in [5.41, 5.74) is 2.56. The van der Waals surface area contributed by atoms with Crippen LogP contribution in [0, 0.1) is 0 Å². The van der Waals surface area contributed by atoms with Gasteiger partial charge in [0.05, 0.1) is 19.1 Å². The Balaban J connectivity index is 1.59. The second-order valence-electron chi connectivity index (χ2n) is 7.52. The highest BCUT2D eigenvalue weighted by atomic mass is 32.2. The van der Waals surface area contributed by atoms with E-state index in [4.69, 9.17) is 4.74 Å². The summed E-state index contributed by atoms with van der Waals surface area (Å²) in [5.74, 6) is 0.0109. The van der Waals surface area contributed by atoms with Crippen molar-refractivity contribution in [1.29, 1.82) is 0 Å². The molecule has 0 aliphatic carbocycles. The van der Waals surface area contributed by atoms with E-state index in [-0.39, 0.29) is 12.5 Å². The molecule has 7 nitrogen and oxygen atoms in total. The zero-order chi connectivity index (χ0) is 21.6. The van der Waals surface area contributed by atoms with E-state index in [1.54, 1.807) is 24.3 Å². The minimum absolute atomic E-state index is 0.313. The molecule has 0 aromatic heterocycles. The van der Waals surface area contributed by atoms with Gasteiger partial charge in [0.15, 0.2) is 0 Å². The van der Waals surface area contributed by atoms with Gasteiger partial charge in [-0.05, 0) is 49.2 Å². The number of para-hydroxylation sites is 2. The molecule has 1 saturated heterocycles. The van der Waals surface area contributed by atoms with Crippen LogP contribution in [0.4, 0.5) is 5.69 Å². The van der Waals surface area contributed by atoms with Gasteiger partial charge in [-0.3, -0.25) is 14.0 Å².